The molecule has 2 aromatic carbocycles. The maximum absolute atomic E-state index is 5.78. The molecular formula is C13H10ClO. The second-order valence-electron chi connectivity index (χ2n) is 3.16. The van der Waals surface area contributed by atoms with E-state index in [1.165, 1.54) is 0 Å². The summed E-state index contributed by atoms with van der Waals surface area (Å²) in [7, 11) is 1.66. The highest BCUT2D eigenvalue weighted by Gasteiger charge is 1.99. The van der Waals surface area contributed by atoms with Gasteiger partial charge in [-0.3, -0.25) is 0 Å². The Hall–Kier alpha value is -1.47. The van der Waals surface area contributed by atoms with E-state index >= 15 is 0 Å². The number of benzene rings is 2. The van der Waals surface area contributed by atoms with Crippen LogP contribution >= 0.6 is 11.6 Å². The average Bonchev–Trinajstić information content (AvgIpc) is 2.30. The van der Waals surface area contributed by atoms with Crippen molar-refractivity contribution in [1.82, 2.24) is 0 Å². The number of methoxy groups -OCH3 is 1. The lowest BCUT2D eigenvalue weighted by Crippen LogP contribution is -1.83. The Morgan fingerprint density at radius 2 is 2.00 bits per heavy atom. The Bertz CT molecular complexity index is 448. The quantitative estimate of drug-likeness (QED) is 0.743. The molecule has 1 nitrogen and oxygen atoms in total. The molecule has 0 saturated carbocycles. The van der Waals surface area contributed by atoms with Crippen molar-refractivity contribution in [2.75, 3.05) is 7.11 Å². The topological polar surface area (TPSA) is 9.23 Å². The van der Waals surface area contributed by atoms with E-state index in [0.29, 0.717) is 5.02 Å². The SMILES string of the molecule is COc1cccc(-c2c[c]c(Cl)cc2)c1. The fraction of sp³-hybridized carbons (Fsp3) is 0.0769. The Kier molecular flexibility index (Phi) is 2.93. The summed E-state index contributed by atoms with van der Waals surface area (Å²) in [6.07, 6.45) is 0. The summed E-state index contributed by atoms with van der Waals surface area (Å²) in [5.41, 5.74) is 2.18. The maximum Gasteiger partial charge on any atom is 0.119 e. The molecule has 2 heteroatoms. The first kappa shape index (κ1) is 10.1. The van der Waals surface area contributed by atoms with E-state index in [-0.39, 0.29) is 0 Å². The highest BCUT2D eigenvalue weighted by molar-refractivity contribution is 6.30. The first-order valence-corrected chi connectivity index (χ1v) is 4.99. The van der Waals surface area contributed by atoms with E-state index in [1.807, 2.05) is 42.5 Å². The first-order valence-electron chi connectivity index (χ1n) is 4.61. The zero-order chi connectivity index (χ0) is 10.7. The predicted octanol–water partition coefficient (Wildman–Crippen LogP) is 3.82. The van der Waals surface area contributed by atoms with Gasteiger partial charge in [-0.2, -0.15) is 0 Å². The smallest absolute Gasteiger partial charge is 0.119 e. The molecule has 0 spiro atoms. The summed E-state index contributed by atoms with van der Waals surface area (Å²) in [6.45, 7) is 0. The number of halogens is 1. The van der Waals surface area contributed by atoms with Crippen LogP contribution in [0.25, 0.3) is 11.1 Å². The molecule has 2 aromatic rings. The van der Waals surface area contributed by atoms with Gasteiger partial charge in [0, 0.05) is 11.1 Å². The second-order valence-corrected chi connectivity index (χ2v) is 3.56. The molecule has 0 aliphatic heterocycles. The van der Waals surface area contributed by atoms with E-state index in [9.17, 15) is 0 Å². The highest BCUT2D eigenvalue weighted by atomic mass is 35.5. The summed E-state index contributed by atoms with van der Waals surface area (Å²) in [5, 5.41) is 0.627. The van der Waals surface area contributed by atoms with Crippen molar-refractivity contribution < 1.29 is 4.74 Å². The van der Waals surface area contributed by atoms with Gasteiger partial charge in [-0.15, -0.1) is 0 Å². The summed E-state index contributed by atoms with van der Waals surface area (Å²) in [5.74, 6) is 0.849. The molecule has 0 aliphatic carbocycles. The van der Waals surface area contributed by atoms with Gasteiger partial charge in [0.25, 0.3) is 0 Å². The summed E-state index contributed by atoms with van der Waals surface area (Å²) in [6, 6.07) is 16.5. The fourth-order valence-electron chi connectivity index (χ4n) is 1.39. The van der Waals surface area contributed by atoms with Crippen molar-refractivity contribution in [2.45, 2.75) is 0 Å². The van der Waals surface area contributed by atoms with Gasteiger partial charge in [0.1, 0.15) is 5.75 Å². The lowest BCUT2D eigenvalue weighted by molar-refractivity contribution is 0.415. The van der Waals surface area contributed by atoms with Crippen molar-refractivity contribution in [1.29, 1.82) is 0 Å². The molecule has 0 bridgehead atoms. The fourth-order valence-corrected chi connectivity index (χ4v) is 1.51. The van der Waals surface area contributed by atoms with Crippen LogP contribution in [0, 0.1) is 6.07 Å². The average molecular weight is 218 g/mol. The molecule has 0 heterocycles. The highest BCUT2D eigenvalue weighted by Crippen LogP contribution is 2.24. The zero-order valence-corrected chi connectivity index (χ0v) is 9.08. The Labute approximate surface area is 94.3 Å². The minimum atomic E-state index is 0.627. The third-order valence-corrected chi connectivity index (χ3v) is 2.41. The molecule has 0 saturated heterocycles. The minimum Gasteiger partial charge on any atom is -0.497 e. The van der Waals surface area contributed by atoms with E-state index in [2.05, 4.69) is 6.07 Å². The maximum atomic E-state index is 5.78. The van der Waals surface area contributed by atoms with Crippen molar-refractivity contribution in [3.8, 4) is 16.9 Å². The lowest BCUT2D eigenvalue weighted by atomic mass is 10.1. The van der Waals surface area contributed by atoms with E-state index in [0.717, 1.165) is 16.9 Å². The largest absolute Gasteiger partial charge is 0.497 e. The van der Waals surface area contributed by atoms with Gasteiger partial charge in [-0.05, 0) is 35.4 Å². The number of rotatable bonds is 2. The second kappa shape index (κ2) is 4.37. The molecule has 2 rings (SSSR count). The van der Waals surface area contributed by atoms with Gasteiger partial charge in [0.15, 0.2) is 0 Å². The van der Waals surface area contributed by atoms with Gasteiger partial charge < -0.3 is 4.74 Å². The summed E-state index contributed by atoms with van der Waals surface area (Å²) >= 11 is 5.78. The molecule has 1 radical (unpaired) electrons. The minimum absolute atomic E-state index is 0.627. The van der Waals surface area contributed by atoms with Crippen LogP contribution < -0.4 is 4.74 Å². The molecular weight excluding hydrogens is 208 g/mol. The van der Waals surface area contributed by atoms with Crippen molar-refractivity contribution in [3.63, 3.8) is 0 Å². The van der Waals surface area contributed by atoms with Gasteiger partial charge in [0.2, 0.25) is 0 Å². The molecule has 0 unspecified atom stereocenters. The van der Waals surface area contributed by atoms with E-state index in [1.54, 1.807) is 7.11 Å². The van der Waals surface area contributed by atoms with Gasteiger partial charge in [0.05, 0.1) is 7.11 Å². The normalized spacial score (nSPS) is 10.0. The van der Waals surface area contributed by atoms with Crippen molar-refractivity contribution in [3.05, 3.63) is 53.6 Å². The van der Waals surface area contributed by atoms with Crippen LogP contribution in [-0.2, 0) is 0 Å². The van der Waals surface area contributed by atoms with Crippen LogP contribution in [0.15, 0.2) is 42.5 Å². The molecule has 0 amide bonds. The van der Waals surface area contributed by atoms with Crippen molar-refractivity contribution >= 4 is 11.6 Å². The van der Waals surface area contributed by atoms with Gasteiger partial charge >= 0.3 is 0 Å². The van der Waals surface area contributed by atoms with Crippen LogP contribution in [0.5, 0.6) is 5.75 Å². The zero-order valence-electron chi connectivity index (χ0n) is 8.33. The van der Waals surface area contributed by atoms with E-state index in [4.69, 9.17) is 16.3 Å². The molecule has 0 atom stereocenters. The Morgan fingerprint density at radius 1 is 1.13 bits per heavy atom. The molecule has 15 heavy (non-hydrogen) atoms. The molecule has 0 fully saturated rings. The standard InChI is InChI=1S/C13H10ClO/c1-15-13-4-2-3-11(9-13)10-5-7-12(14)8-6-10/h2-7,9H,1H3. The Balaban J connectivity index is 2.40. The van der Waals surface area contributed by atoms with Crippen LogP contribution in [0.4, 0.5) is 0 Å². The Morgan fingerprint density at radius 3 is 2.67 bits per heavy atom. The first-order chi connectivity index (χ1) is 7.29. The third kappa shape index (κ3) is 2.31. The molecule has 0 aliphatic rings. The monoisotopic (exact) mass is 217 g/mol. The predicted molar refractivity (Wildman–Crippen MR) is 62.3 cm³/mol. The molecule has 0 N–H and O–H groups in total. The molecule has 75 valence electrons. The lowest BCUT2D eigenvalue weighted by Gasteiger charge is -2.04. The van der Waals surface area contributed by atoms with Crippen LogP contribution in [-0.4, -0.2) is 7.11 Å². The van der Waals surface area contributed by atoms with E-state index < -0.39 is 0 Å². The number of hydrogen-bond acceptors (Lipinski definition) is 1. The summed E-state index contributed by atoms with van der Waals surface area (Å²) < 4.78 is 5.16. The number of ether oxygens (including phenoxy) is 1. The molecule has 0 aromatic heterocycles. The number of hydrogen-bond donors (Lipinski definition) is 0. The van der Waals surface area contributed by atoms with Crippen LogP contribution in [0.3, 0.4) is 0 Å². The third-order valence-electron chi connectivity index (χ3n) is 2.18. The summed E-state index contributed by atoms with van der Waals surface area (Å²) in [4.78, 5) is 0. The van der Waals surface area contributed by atoms with Crippen LogP contribution in [0.1, 0.15) is 0 Å². The van der Waals surface area contributed by atoms with Gasteiger partial charge in [-0.25, -0.2) is 0 Å². The van der Waals surface area contributed by atoms with Gasteiger partial charge in [-0.1, -0.05) is 29.8 Å². The van der Waals surface area contributed by atoms with Crippen LogP contribution in [0.2, 0.25) is 5.02 Å². The van der Waals surface area contributed by atoms with Crippen molar-refractivity contribution in [2.24, 2.45) is 0 Å².